The van der Waals surface area contributed by atoms with E-state index < -0.39 is 0 Å². The van der Waals surface area contributed by atoms with Gasteiger partial charge in [-0.2, -0.15) is 0 Å². The van der Waals surface area contributed by atoms with Gasteiger partial charge in [-0.05, 0) is 112 Å². The zero-order valence-electron chi connectivity index (χ0n) is 31.3. The first-order valence-electron chi connectivity index (χ1n) is 19.9. The molecule has 0 radical (unpaired) electrons. The van der Waals surface area contributed by atoms with Gasteiger partial charge in [-0.3, -0.25) is 0 Å². The normalized spacial score (nSPS) is 12.1. The summed E-state index contributed by atoms with van der Waals surface area (Å²) in [6.45, 7) is 0. The highest BCUT2D eigenvalue weighted by molar-refractivity contribution is 7.29. The lowest BCUT2D eigenvalue weighted by atomic mass is 9.83. The van der Waals surface area contributed by atoms with Crippen molar-refractivity contribution in [1.82, 2.24) is 0 Å². The monoisotopic (exact) mass is 768 g/mol. The molecule has 0 N–H and O–H groups in total. The Morgan fingerprint density at radius 3 is 1.48 bits per heavy atom. The summed E-state index contributed by atoms with van der Waals surface area (Å²) in [4.78, 5) is 0. The zero-order chi connectivity index (χ0) is 37.9. The summed E-state index contributed by atoms with van der Waals surface area (Å²) in [6, 6.07) is 72.5. The van der Waals surface area contributed by atoms with Gasteiger partial charge in [0.25, 0.3) is 0 Å². The molecule has 58 heavy (non-hydrogen) atoms. The minimum Gasteiger partial charge on any atom is -0.135 e. The van der Waals surface area contributed by atoms with E-state index in [2.05, 4.69) is 194 Å². The first-order chi connectivity index (χ1) is 28.8. The predicted molar refractivity (Wildman–Crippen MR) is 256 cm³/mol. The Kier molecular flexibility index (Phi) is 6.86. The fraction of sp³-hybridized carbons (Fsp3) is 0. The third kappa shape index (κ3) is 4.62. The molecule has 2 heterocycles. The summed E-state index contributed by atoms with van der Waals surface area (Å²) < 4.78 is 5.42. The topological polar surface area (TPSA) is 0 Å². The Morgan fingerprint density at radius 2 is 0.776 bits per heavy atom. The summed E-state index contributed by atoms with van der Waals surface area (Å²) in [6.07, 6.45) is 0. The number of benzene rings is 11. The molecule has 0 unspecified atom stereocenters. The molecule has 0 nitrogen and oxygen atoms in total. The number of hydrogen-bond acceptors (Lipinski definition) is 2. The number of hydrogen-bond donors (Lipinski definition) is 0. The summed E-state index contributed by atoms with van der Waals surface area (Å²) in [5.41, 5.74) is 7.64. The Morgan fingerprint density at radius 1 is 0.259 bits per heavy atom. The highest BCUT2D eigenvalue weighted by Gasteiger charge is 2.21. The molecule has 0 bridgehead atoms. The van der Waals surface area contributed by atoms with Crippen LogP contribution in [-0.2, 0) is 0 Å². The quantitative estimate of drug-likeness (QED) is 0.157. The van der Waals surface area contributed by atoms with Gasteiger partial charge in [0.1, 0.15) is 0 Å². The van der Waals surface area contributed by atoms with E-state index in [-0.39, 0.29) is 0 Å². The van der Waals surface area contributed by atoms with Crippen LogP contribution >= 0.6 is 22.7 Å². The van der Waals surface area contributed by atoms with Crippen LogP contribution < -0.4 is 0 Å². The Balaban J connectivity index is 1.01. The molecule has 0 aliphatic carbocycles. The van der Waals surface area contributed by atoms with Gasteiger partial charge in [0, 0.05) is 40.3 Å². The van der Waals surface area contributed by atoms with E-state index in [0.29, 0.717) is 0 Å². The minimum atomic E-state index is 1.25. The molecule has 0 amide bonds. The van der Waals surface area contributed by atoms with E-state index in [1.54, 1.807) is 0 Å². The van der Waals surface area contributed by atoms with E-state index >= 15 is 0 Å². The molecule has 0 atom stereocenters. The van der Waals surface area contributed by atoms with Crippen molar-refractivity contribution in [2.75, 3.05) is 0 Å². The van der Waals surface area contributed by atoms with Crippen molar-refractivity contribution >= 4 is 117 Å². The van der Waals surface area contributed by atoms with E-state index in [4.69, 9.17) is 0 Å². The minimum absolute atomic E-state index is 1.25. The van der Waals surface area contributed by atoms with Crippen LogP contribution in [-0.4, -0.2) is 0 Å². The molecule has 2 aromatic heterocycles. The second kappa shape index (κ2) is 12.3. The molecular weight excluding hydrogens is 737 g/mol. The second-order valence-corrected chi connectivity index (χ2v) is 17.6. The third-order valence-electron chi connectivity index (χ3n) is 12.4. The maximum atomic E-state index is 2.43. The maximum absolute atomic E-state index is 2.43. The van der Waals surface area contributed by atoms with Gasteiger partial charge < -0.3 is 0 Å². The molecule has 0 fully saturated rings. The molecular formula is C56H32S2. The molecule has 0 saturated carbocycles. The standard InChI is InChI=1S/C56H32S2/c1-2-14-35-31-52-49(30-34(35)13-1)47-28-29-50-55(56(47)58-52)48-25-24-36(32-51(48)57-50)38-26-27-46(40-18-6-5-17-39(38)40)54-44-21-9-7-19-42(44)53(43-20-8-10-22-45(43)54)41-23-11-15-33-12-3-4-16-37(33)41/h1-32H. The van der Waals surface area contributed by atoms with Crippen molar-refractivity contribution in [3.05, 3.63) is 194 Å². The van der Waals surface area contributed by atoms with E-state index in [9.17, 15) is 0 Å². The average Bonchev–Trinajstić information content (AvgIpc) is 3.84. The molecule has 13 aromatic rings. The fourth-order valence-electron chi connectivity index (χ4n) is 9.87. The molecule has 11 aromatic carbocycles. The van der Waals surface area contributed by atoms with Crippen molar-refractivity contribution < 1.29 is 0 Å². The summed E-state index contributed by atoms with van der Waals surface area (Å²) in [7, 11) is 0. The fourth-order valence-corrected chi connectivity index (χ4v) is 12.4. The maximum Gasteiger partial charge on any atom is 0.0448 e. The highest BCUT2D eigenvalue weighted by Crippen LogP contribution is 2.49. The van der Waals surface area contributed by atoms with Crippen LogP contribution in [0.15, 0.2) is 194 Å². The Bertz CT molecular complexity index is 3800. The molecule has 13 rings (SSSR count). The van der Waals surface area contributed by atoms with Gasteiger partial charge in [-0.25, -0.2) is 0 Å². The Labute approximate surface area is 342 Å². The van der Waals surface area contributed by atoms with E-state index in [1.807, 2.05) is 22.7 Å². The van der Waals surface area contributed by atoms with E-state index in [1.165, 1.54) is 128 Å². The van der Waals surface area contributed by atoms with Crippen LogP contribution in [0.4, 0.5) is 0 Å². The van der Waals surface area contributed by atoms with Gasteiger partial charge in [0.05, 0.1) is 0 Å². The lowest BCUT2D eigenvalue weighted by Gasteiger charge is -2.20. The van der Waals surface area contributed by atoms with Crippen molar-refractivity contribution in [2.24, 2.45) is 0 Å². The molecule has 0 aliphatic heterocycles. The van der Waals surface area contributed by atoms with Crippen LogP contribution in [0.1, 0.15) is 0 Å². The number of thiophene rings is 2. The SMILES string of the molecule is c1ccc2cc3c(cc2c1)sc1c3ccc2sc3cc(-c4ccc(-c5c6ccccc6c(-c6cccc7ccccc67)c6ccccc56)c5ccccc45)ccc3c21. The summed E-state index contributed by atoms with van der Waals surface area (Å²) in [5.74, 6) is 0. The largest absolute Gasteiger partial charge is 0.135 e. The van der Waals surface area contributed by atoms with Crippen molar-refractivity contribution in [2.45, 2.75) is 0 Å². The van der Waals surface area contributed by atoms with Crippen LogP contribution in [0.5, 0.6) is 0 Å². The summed E-state index contributed by atoms with van der Waals surface area (Å²) >= 11 is 3.85. The highest BCUT2D eigenvalue weighted by atomic mass is 32.1. The molecule has 0 aliphatic rings. The lowest BCUT2D eigenvalue weighted by Crippen LogP contribution is -1.93. The zero-order valence-corrected chi connectivity index (χ0v) is 32.9. The van der Waals surface area contributed by atoms with Gasteiger partial charge >= 0.3 is 0 Å². The second-order valence-electron chi connectivity index (χ2n) is 15.5. The van der Waals surface area contributed by atoms with Crippen LogP contribution in [0.3, 0.4) is 0 Å². The average molecular weight is 769 g/mol. The van der Waals surface area contributed by atoms with Gasteiger partial charge in [-0.1, -0.05) is 170 Å². The number of rotatable bonds is 3. The Hall–Kier alpha value is -6.84. The number of fused-ring (bicyclic) bond motifs is 12. The summed E-state index contributed by atoms with van der Waals surface area (Å²) in [5, 5.41) is 18.2. The third-order valence-corrected chi connectivity index (χ3v) is 14.7. The smallest absolute Gasteiger partial charge is 0.0448 e. The first kappa shape index (κ1) is 32.3. The van der Waals surface area contributed by atoms with Gasteiger partial charge in [0.15, 0.2) is 0 Å². The van der Waals surface area contributed by atoms with E-state index in [0.717, 1.165) is 0 Å². The molecule has 2 heteroatoms. The molecule has 268 valence electrons. The van der Waals surface area contributed by atoms with Crippen molar-refractivity contribution in [1.29, 1.82) is 0 Å². The van der Waals surface area contributed by atoms with Crippen LogP contribution in [0.25, 0.3) is 128 Å². The molecule has 0 saturated heterocycles. The van der Waals surface area contributed by atoms with Crippen LogP contribution in [0.2, 0.25) is 0 Å². The predicted octanol–water partition coefficient (Wildman–Crippen LogP) is 17.2. The van der Waals surface area contributed by atoms with Crippen molar-refractivity contribution in [3.63, 3.8) is 0 Å². The first-order valence-corrected chi connectivity index (χ1v) is 21.5. The van der Waals surface area contributed by atoms with Crippen molar-refractivity contribution in [3.8, 4) is 33.4 Å². The van der Waals surface area contributed by atoms with Crippen LogP contribution in [0, 0.1) is 0 Å². The lowest BCUT2D eigenvalue weighted by molar-refractivity contribution is 1.67. The van der Waals surface area contributed by atoms with Gasteiger partial charge in [-0.15, -0.1) is 22.7 Å². The molecule has 0 spiro atoms. The van der Waals surface area contributed by atoms with Gasteiger partial charge in [0.2, 0.25) is 0 Å².